The molecular formula is C17H26O4. The molecule has 0 amide bonds. The molecule has 0 aromatic heterocycles. The fourth-order valence-corrected chi connectivity index (χ4v) is 2.17. The highest BCUT2D eigenvalue weighted by Crippen LogP contribution is 2.23. The Labute approximate surface area is 126 Å². The average Bonchev–Trinajstić information content (AvgIpc) is 2.45. The highest BCUT2D eigenvalue weighted by atomic mass is 16.5. The van der Waals surface area contributed by atoms with Crippen LogP contribution in [-0.2, 0) is 4.74 Å². The zero-order chi connectivity index (χ0) is 15.5. The Balaban J connectivity index is 2.11. The minimum Gasteiger partial charge on any atom is -0.508 e. The fraction of sp³-hybridized carbons (Fsp3) is 0.588. The number of carbonyl (C=O) groups is 1. The normalized spacial score (nSPS) is 10.5. The zero-order valence-electron chi connectivity index (χ0n) is 12.8. The standard InChI is InChI=1S/C17H26O4/c1-2-3-4-5-6-7-8-9-12-21-17(20)15-11-10-14(18)13-16(15)19/h10-11,13,18-19H,2-9,12H2,1H3. The molecule has 1 rings (SSSR count). The van der Waals surface area contributed by atoms with E-state index in [1.54, 1.807) is 0 Å². The summed E-state index contributed by atoms with van der Waals surface area (Å²) in [7, 11) is 0. The predicted molar refractivity (Wildman–Crippen MR) is 82.7 cm³/mol. The van der Waals surface area contributed by atoms with Gasteiger partial charge in [0.05, 0.1) is 6.61 Å². The van der Waals surface area contributed by atoms with Crippen LogP contribution in [0, 0.1) is 0 Å². The van der Waals surface area contributed by atoms with Gasteiger partial charge in [0.1, 0.15) is 17.1 Å². The topological polar surface area (TPSA) is 66.8 Å². The Bertz CT molecular complexity index is 429. The van der Waals surface area contributed by atoms with Crippen LogP contribution in [-0.4, -0.2) is 22.8 Å². The summed E-state index contributed by atoms with van der Waals surface area (Å²) in [5, 5.41) is 18.7. The molecule has 0 saturated heterocycles. The molecule has 0 atom stereocenters. The van der Waals surface area contributed by atoms with Crippen LogP contribution < -0.4 is 0 Å². The monoisotopic (exact) mass is 294 g/mol. The van der Waals surface area contributed by atoms with Gasteiger partial charge in [-0.05, 0) is 18.6 Å². The molecule has 0 spiro atoms. The van der Waals surface area contributed by atoms with Crippen molar-refractivity contribution in [2.45, 2.75) is 58.3 Å². The van der Waals surface area contributed by atoms with Crippen LogP contribution in [0.15, 0.2) is 18.2 Å². The summed E-state index contributed by atoms with van der Waals surface area (Å²) in [6.45, 7) is 2.58. The number of esters is 1. The van der Waals surface area contributed by atoms with Gasteiger partial charge in [-0.3, -0.25) is 0 Å². The van der Waals surface area contributed by atoms with Crippen LogP contribution in [0.3, 0.4) is 0 Å². The largest absolute Gasteiger partial charge is 0.508 e. The van der Waals surface area contributed by atoms with E-state index in [2.05, 4.69) is 6.92 Å². The van der Waals surface area contributed by atoms with Crippen molar-refractivity contribution in [3.05, 3.63) is 23.8 Å². The van der Waals surface area contributed by atoms with E-state index in [9.17, 15) is 9.90 Å². The summed E-state index contributed by atoms with van der Waals surface area (Å²) in [5.74, 6) is -0.876. The second-order valence-corrected chi connectivity index (χ2v) is 5.31. The molecule has 0 aliphatic heterocycles. The number of rotatable bonds is 10. The van der Waals surface area contributed by atoms with Gasteiger partial charge in [0.25, 0.3) is 0 Å². The molecular weight excluding hydrogens is 268 g/mol. The molecule has 0 bridgehead atoms. The Morgan fingerprint density at radius 3 is 2.24 bits per heavy atom. The first kappa shape index (κ1) is 17.3. The lowest BCUT2D eigenvalue weighted by atomic mass is 10.1. The zero-order valence-corrected chi connectivity index (χ0v) is 12.8. The van der Waals surface area contributed by atoms with Gasteiger partial charge in [-0.25, -0.2) is 4.79 Å². The summed E-state index contributed by atoms with van der Waals surface area (Å²) < 4.78 is 5.11. The van der Waals surface area contributed by atoms with E-state index in [1.807, 2.05) is 0 Å². The maximum absolute atomic E-state index is 11.7. The number of benzene rings is 1. The van der Waals surface area contributed by atoms with Crippen molar-refractivity contribution in [2.75, 3.05) is 6.61 Å². The number of hydrogen-bond acceptors (Lipinski definition) is 4. The number of phenolic OH excluding ortho intramolecular Hbond substituents is 2. The maximum atomic E-state index is 11.7. The van der Waals surface area contributed by atoms with Crippen molar-refractivity contribution in [1.82, 2.24) is 0 Å². The highest BCUT2D eigenvalue weighted by molar-refractivity contribution is 5.92. The molecule has 1 aromatic rings. The Kier molecular flexibility index (Phi) is 8.32. The van der Waals surface area contributed by atoms with E-state index < -0.39 is 5.97 Å². The minimum absolute atomic E-state index is 0.0767. The number of aromatic hydroxyl groups is 2. The molecule has 4 nitrogen and oxygen atoms in total. The second-order valence-electron chi connectivity index (χ2n) is 5.31. The van der Waals surface area contributed by atoms with Gasteiger partial charge in [-0.2, -0.15) is 0 Å². The Morgan fingerprint density at radius 2 is 1.62 bits per heavy atom. The Hall–Kier alpha value is -1.71. The smallest absolute Gasteiger partial charge is 0.341 e. The first-order valence-corrected chi connectivity index (χ1v) is 7.84. The highest BCUT2D eigenvalue weighted by Gasteiger charge is 2.12. The molecule has 0 unspecified atom stereocenters. The molecule has 0 heterocycles. The van der Waals surface area contributed by atoms with E-state index in [1.165, 1.54) is 50.7 Å². The van der Waals surface area contributed by atoms with Crippen molar-refractivity contribution < 1.29 is 19.7 Å². The average molecular weight is 294 g/mol. The molecule has 1 aromatic carbocycles. The number of hydrogen-bond donors (Lipinski definition) is 2. The molecule has 2 N–H and O–H groups in total. The molecule has 4 heteroatoms. The van der Waals surface area contributed by atoms with Crippen LogP contribution >= 0.6 is 0 Å². The minimum atomic E-state index is -0.546. The fourth-order valence-electron chi connectivity index (χ4n) is 2.17. The Morgan fingerprint density at radius 1 is 1.00 bits per heavy atom. The third kappa shape index (κ3) is 7.02. The summed E-state index contributed by atoms with van der Waals surface area (Å²) in [6, 6.07) is 3.85. The van der Waals surface area contributed by atoms with Gasteiger partial charge < -0.3 is 14.9 Å². The summed E-state index contributed by atoms with van der Waals surface area (Å²) >= 11 is 0. The molecule has 21 heavy (non-hydrogen) atoms. The van der Waals surface area contributed by atoms with Gasteiger partial charge in [-0.1, -0.05) is 51.9 Å². The molecule has 0 fully saturated rings. The van der Waals surface area contributed by atoms with E-state index in [0.29, 0.717) is 6.61 Å². The van der Waals surface area contributed by atoms with Crippen LogP contribution in [0.25, 0.3) is 0 Å². The molecule has 0 saturated carbocycles. The van der Waals surface area contributed by atoms with E-state index in [0.717, 1.165) is 18.9 Å². The third-order valence-corrected chi connectivity index (χ3v) is 3.43. The maximum Gasteiger partial charge on any atom is 0.341 e. The number of ether oxygens (including phenoxy) is 1. The van der Waals surface area contributed by atoms with Crippen molar-refractivity contribution in [3.63, 3.8) is 0 Å². The van der Waals surface area contributed by atoms with Gasteiger partial charge in [0.15, 0.2) is 0 Å². The van der Waals surface area contributed by atoms with Crippen molar-refractivity contribution in [3.8, 4) is 11.5 Å². The summed E-state index contributed by atoms with van der Waals surface area (Å²) in [4.78, 5) is 11.7. The quantitative estimate of drug-likeness (QED) is 0.496. The van der Waals surface area contributed by atoms with Crippen LogP contribution in [0.4, 0.5) is 0 Å². The summed E-state index contributed by atoms with van der Waals surface area (Å²) in [6.07, 6.45) is 9.49. The van der Waals surface area contributed by atoms with Crippen LogP contribution in [0.1, 0.15) is 68.6 Å². The van der Waals surface area contributed by atoms with Gasteiger partial charge in [-0.15, -0.1) is 0 Å². The number of phenols is 2. The first-order valence-electron chi connectivity index (χ1n) is 7.84. The first-order chi connectivity index (χ1) is 10.1. The lowest BCUT2D eigenvalue weighted by molar-refractivity contribution is 0.0494. The van der Waals surface area contributed by atoms with E-state index >= 15 is 0 Å². The van der Waals surface area contributed by atoms with Crippen LogP contribution in [0.2, 0.25) is 0 Å². The van der Waals surface area contributed by atoms with Crippen molar-refractivity contribution in [1.29, 1.82) is 0 Å². The second kappa shape index (κ2) is 10.1. The van der Waals surface area contributed by atoms with E-state index in [-0.39, 0.29) is 17.1 Å². The van der Waals surface area contributed by atoms with Gasteiger partial charge in [0.2, 0.25) is 0 Å². The molecule has 118 valence electrons. The van der Waals surface area contributed by atoms with Crippen molar-refractivity contribution >= 4 is 5.97 Å². The SMILES string of the molecule is CCCCCCCCCCOC(=O)c1ccc(O)cc1O. The van der Waals surface area contributed by atoms with Gasteiger partial charge in [0, 0.05) is 6.07 Å². The van der Waals surface area contributed by atoms with Crippen molar-refractivity contribution in [2.24, 2.45) is 0 Å². The third-order valence-electron chi connectivity index (χ3n) is 3.43. The summed E-state index contributed by atoms with van der Waals surface area (Å²) in [5.41, 5.74) is 0.0902. The molecule has 0 radical (unpaired) electrons. The lowest BCUT2D eigenvalue weighted by Gasteiger charge is -2.06. The lowest BCUT2D eigenvalue weighted by Crippen LogP contribution is -2.06. The number of unbranched alkanes of at least 4 members (excludes halogenated alkanes) is 7. The molecule has 0 aliphatic rings. The van der Waals surface area contributed by atoms with Crippen LogP contribution in [0.5, 0.6) is 11.5 Å². The number of carbonyl (C=O) groups excluding carboxylic acids is 1. The van der Waals surface area contributed by atoms with E-state index in [4.69, 9.17) is 9.84 Å². The van der Waals surface area contributed by atoms with Gasteiger partial charge >= 0.3 is 5.97 Å². The molecule has 0 aliphatic carbocycles. The predicted octanol–water partition coefficient (Wildman–Crippen LogP) is 4.40.